The molecule has 1 aromatic rings. The summed E-state index contributed by atoms with van der Waals surface area (Å²) in [6.07, 6.45) is 6.39. The van der Waals surface area contributed by atoms with Gasteiger partial charge in [-0.05, 0) is 45.1 Å². The van der Waals surface area contributed by atoms with Gasteiger partial charge in [-0.25, -0.2) is 0 Å². The van der Waals surface area contributed by atoms with E-state index in [4.69, 9.17) is 4.74 Å². The van der Waals surface area contributed by atoms with Crippen LogP contribution in [0.4, 0.5) is 0 Å². The normalized spacial score (nSPS) is 27.8. The standard InChI is InChI=1S/C19H33N5O2/c1-22-18(14-23-9-4-17(25)5-10-23)20-21-19(22)15-3-2-8-24(13-15)16-6-11-26-12-7-16/h15-17,25H,2-14H2,1H3. The fourth-order valence-corrected chi connectivity index (χ4v) is 4.75. The predicted molar refractivity (Wildman–Crippen MR) is 98.9 cm³/mol. The highest BCUT2D eigenvalue weighted by Crippen LogP contribution is 2.29. The Morgan fingerprint density at radius 1 is 1.04 bits per heavy atom. The number of likely N-dealkylation sites (tertiary alicyclic amines) is 2. The molecule has 7 heteroatoms. The van der Waals surface area contributed by atoms with E-state index in [0.29, 0.717) is 12.0 Å². The lowest BCUT2D eigenvalue weighted by Crippen LogP contribution is -2.45. The van der Waals surface area contributed by atoms with Crippen LogP contribution in [0.1, 0.15) is 56.1 Å². The van der Waals surface area contributed by atoms with E-state index in [1.807, 2.05) is 0 Å². The van der Waals surface area contributed by atoms with Crippen molar-refractivity contribution in [2.24, 2.45) is 7.05 Å². The summed E-state index contributed by atoms with van der Waals surface area (Å²) in [5.41, 5.74) is 0. The van der Waals surface area contributed by atoms with Crippen molar-refractivity contribution in [2.45, 2.75) is 63.1 Å². The van der Waals surface area contributed by atoms with Gasteiger partial charge in [0.05, 0.1) is 12.6 Å². The predicted octanol–water partition coefficient (Wildman–Crippen LogP) is 1.13. The Labute approximate surface area is 156 Å². The van der Waals surface area contributed by atoms with Crippen molar-refractivity contribution < 1.29 is 9.84 Å². The third kappa shape index (κ3) is 4.11. The zero-order chi connectivity index (χ0) is 17.9. The topological polar surface area (TPSA) is 66.7 Å². The van der Waals surface area contributed by atoms with Crippen molar-refractivity contribution in [3.05, 3.63) is 11.6 Å². The van der Waals surface area contributed by atoms with Gasteiger partial charge in [0.15, 0.2) is 0 Å². The molecule has 1 aromatic heterocycles. The molecule has 0 bridgehead atoms. The molecule has 146 valence electrons. The number of aromatic nitrogens is 3. The summed E-state index contributed by atoms with van der Waals surface area (Å²) in [7, 11) is 2.12. The van der Waals surface area contributed by atoms with Crippen LogP contribution in [-0.4, -0.2) is 81.2 Å². The third-order valence-corrected chi connectivity index (χ3v) is 6.45. The van der Waals surface area contributed by atoms with Gasteiger partial charge in [0.25, 0.3) is 0 Å². The van der Waals surface area contributed by atoms with E-state index >= 15 is 0 Å². The van der Waals surface area contributed by atoms with Crippen LogP contribution in [0.2, 0.25) is 0 Å². The van der Waals surface area contributed by atoms with E-state index in [1.54, 1.807) is 0 Å². The van der Waals surface area contributed by atoms with Gasteiger partial charge in [-0.2, -0.15) is 0 Å². The molecular weight excluding hydrogens is 330 g/mol. The SMILES string of the molecule is Cn1c(CN2CCC(O)CC2)nnc1C1CCCN(C2CCOCC2)C1. The van der Waals surface area contributed by atoms with E-state index < -0.39 is 0 Å². The van der Waals surface area contributed by atoms with Crippen molar-refractivity contribution in [3.63, 3.8) is 0 Å². The van der Waals surface area contributed by atoms with E-state index in [1.165, 1.54) is 19.4 Å². The minimum atomic E-state index is -0.125. The van der Waals surface area contributed by atoms with Crippen LogP contribution < -0.4 is 0 Å². The molecule has 3 saturated heterocycles. The fraction of sp³-hybridized carbons (Fsp3) is 0.895. The van der Waals surface area contributed by atoms with Gasteiger partial charge >= 0.3 is 0 Å². The van der Waals surface area contributed by atoms with Crippen molar-refractivity contribution in [1.29, 1.82) is 0 Å². The lowest BCUT2D eigenvalue weighted by molar-refractivity contribution is 0.0233. The molecule has 0 saturated carbocycles. The monoisotopic (exact) mass is 363 g/mol. The van der Waals surface area contributed by atoms with Gasteiger partial charge in [-0.1, -0.05) is 0 Å². The van der Waals surface area contributed by atoms with Crippen molar-refractivity contribution in [1.82, 2.24) is 24.6 Å². The molecule has 7 nitrogen and oxygen atoms in total. The minimum absolute atomic E-state index is 0.125. The Morgan fingerprint density at radius 2 is 1.81 bits per heavy atom. The summed E-state index contributed by atoms with van der Waals surface area (Å²) in [5.74, 6) is 2.69. The van der Waals surface area contributed by atoms with Crippen LogP contribution in [-0.2, 0) is 18.3 Å². The first-order valence-electron chi connectivity index (χ1n) is 10.3. The second-order valence-corrected chi connectivity index (χ2v) is 8.22. The molecule has 0 aliphatic carbocycles. The van der Waals surface area contributed by atoms with Gasteiger partial charge < -0.3 is 14.4 Å². The number of hydrogen-bond acceptors (Lipinski definition) is 6. The lowest BCUT2D eigenvalue weighted by Gasteiger charge is -2.39. The summed E-state index contributed by atoms with van der Waals surface area (Å²) in [6.45, 7) is 6.87. The lowest BCUT2D eigenvalue weighted by atomic mass is 9.94. The zero-order valence-corrected chi connectivity index (χ0v) is 16.0. The van der Waals surface area contributed by atoms with E-state index in [0.717, 1.165) is 76.7 Å². The molecule has 4 heterocycles. The minimum Gasteiger partial charge on any atom is -0.393 e. The molecule has 0 aromatic carbocycles. The number of nitrogens with zero attached hydrogens (tertiary/aromatic N) is 5. The number of hydrogen-bond donors (Lipinski definition) is 1. The third-order valence-electron chi connectivity index (χ3n) is 6.45. The highest BCUT2D eigenvalue weighted by atomic mass is 16.5. The van der Waals surface area contributed by atoms with Crippen LogP contribution in [0, 0.1) is 0 Å². The zero-order valence-electron chi connectivity index (χ0n) is 16.0. The molecule has 3 fully saturated rings. The van der Waals surface area contributed by atoms with Gasteiger partial charge in [0.2, 0.25) is 0 Å². The highest BCUT2D eigenvalue weighted by molar-refractivity contribution is 5.04. The summed E-state index contributed by atoms with van der Waals surface area (Å²) in [5, 5.41) is 18.8. The molecule has 26 heavy (non-hydrogen) atoms. The van der Waals surface area contributed by atoms with Crippen LogP contribution in [0.3, 0.4) is 0 Å². The summed E-state index contributed by atoms with van der Waals surface area (Å²) < 4.78 is 7.76. The smallest absolute Gasteiger partial charge is 0.146 e. The summed E-state index contributed by atoms with van der Waals surface area (Å²) >= 11 is 0. The maximum absolute atomic E-state index is 9.68. The number of rotatable bonds is 4. The quantitative estimate of drug-likeness (QED) is 0.865. The van der Waals surface area contributed by atoms with Crippen LogP contribution in [0.15, 0.2) is 0 Å². The first-order chi connectivity index (χ1) is 12.7. The van der Waals surface area contributed by atoms with Crippen molar-refractivity contribution >= 4 is 0 Å². The molecule has 0 spiro atoms. The molecule has 0 radical (unpaired) electrons. The first-order valence-corrected chi connectivity index (χ1v) is 10.3. The Kier molecular flexibility index (Phi) is 5.88. The molecular formula is C19H33N5O2. The van der Waals surface area contributed by atoms with Gasteiger partial charge in [0.1, 0.15) is 11.6 Å². The van der Waals surface area contributed by atoms with Crippen LogP contribution in [0.5, 0.6) is 0 Å². The van der Waals surface area contributed by atoms with Gasteiger partial charge in [-0.15, -0.1) is 10.2 Å². The molecule has 0 amide bonds. The molecule has 1 unspecified atom stereocenters. The number of piperidine rings is 2. The Hall–Kier alpha value is -1.02. The maximum atomic E-state index is 9.68. The average Bonchev–Trinajstić information content (AvgIpc) is 3.05. The van der Waals surface area contributed by atoms with Crippen LogP contribution in [0.25, 0.3) is 0 Å². The molecule has 1 N–H and O–H groups in total. The van der Waals surface area contributed by atoms with E-state index in [2.05, 4.69) is 31.6 Å². The first kappa shape index (κ1) is 18.3. The maximum Gasteiger partial charge on any atom is 0.146 e. The Morgan fingerprint density at radius 3 is 2.58 bits per heavy atom. The molecule has 3 aliphatic rings. The highest BCUT2D eigenvalue weighted by Gasteiger charge is 2.30. The van der Waals surface area contributed by atoms with Crippen LogP contribution >= 0.6 is 0 Å². The molecule has 1 atom stereocenters. The number of aliphatic hydroxyl groups is 1. The van der Waals surface area contributed by atoms with Crippen molar-refractivity contribution in [3.8, 4) is 0 Å². The van der Waals surface area contributed by atoms with Crippen molar-refractivity contribution in [2.75, 3.05) is 39.4 Å². The Bertz CT molecular complexity index is 578. The average molecular weight is 364 g/mol. The van der Waals surface area contributed by atoms with Gasteiger partial charge in [0, 0.05) is 51.9 Å². The number of aliphatic hydroxyl groups excluding tert-OH is 1. The largest absolute Gasteiger partial charge is 0.393 e. The fourth-order valence-electron chi connectivity index (χ4n) is 4.75. The summed E-state index contributed by atoms with van der Waals surface area (Å²) in [4.78, 5) is 5.05. The Balaban J connectivity index is 1.38. The van der Waals surface area contributed by atoms with Gasteiger partial charge in [-0.3, -0.25) is 9.80 Å². The molecule has 4 rings (SSSR count). The number of ether oxygens (including phenoxy) is 1. The molecule has 3 aliphatic heterocycles. The van der Waals surface area contributed by atoms with E-state index in [-0.39, 0.29) is 6.10 Å². The van der Waals surface area contributed by atoms with E-state index in [9.17, 15) is 5.11 Å². The summed E-state index contributed by atoms with van der Waals surface area (Å²) in [6, 6.07) is 0.680. The second kappa shape index (κ2) is 8.33. The second-order valence-electron chi connectivity index (χ2n) is 8.22.